The van der Waals surface area contributed by atoms with Gasteiger partial charge in [0.15, 0.2) is 6.61 Å². The molecule has 126 valence electrons. The summed E-state index contributed by atoms with van der Waals surface area (Å²) < 4.78 is 10.3. The van der Waals surface area contributed by atoms with Crippen LogP contribution in [0.2, 0.25) is 0 Å². The van der Waals surface area contributed by atoms with Gasteiger partial charge >= 0.3 is 5.97 Å². The zero-order valence-electron chi connectivity index (χ0n) is 13.9. The molecule has 0 unspecified atom stereocenters. The molecule has 0 fully saturated rings. The Bertz CT molecular complexity index is 711. The van der Waals surface area contributed by atoms with Gasteiger partial charge in [0.25, 0.3) is 0 Å². The summed E-state index contributed by atoms with van der Waals surface area (Å²) >= 11 is 0. The van der Waals surface area contributed by atoms with Gasteiger partial charge in [-0.25, -0.2) is 4.79 Å². The fourth-order valence-corrected chi connectivity index (χ4v) is 2.31. The van der Waals surface area contributed by atoms with Crippen LogP contribution in [0.4, 0.5) is 0 Å². The van der Waals surface area contributed by atoms with E-state index in [4.69, 9.17) is 9.47 Å². The highest BCUT2D eigenvalue weighted by Gasteiger charge is 2.10. The van der Waals surface area contributed by atoms with E-state index in [1.54, 1.807) is 13.0 Å². The Balaban J connectivity index is 2.08. The Morgan fingerprint density at radius 1 is 1.17 bits per heavy atom. The summed E-state index contributed by atoms with van der Waals surface area (Å²) in [5.41, 5.74) is 3.29. The predicted molar refractivity (Wildman–Crippen MR) is 91.8 cm³/mol. The van der Waals surface area contributed by atoms with Gasteiger partial charge in [-0.2, -0.15) is 0 Å². The summed E-state index contributed by atoms with van der Waals surface area (Å²) in [5.74, 6) is 0.200. The standard InChI is InChI=1S/C19H21NO4/c1-3-23-19(21)13-24-18-10-9-16(11-14(18)2)17(20-22)12-15-7-5-4-6-8-15/h4-11,22H,3,12-13H2,1-2H3/b20-17+. The van der Waals surface area contributed by atoms with Crippen molar-refractivity contribution in [1.82, 2.24) is 0 Å². The van der Waals surface area contributed by atoms with Gasteiger partial charge in [-0.05, 0) is 43.2 Å². The fraction of sp³-hybridized carbons (Fsp3) is 0.263. The number of ether oxygens (including phenoxy) is 2. The number of oxime groups is 1. The summed E-state index contributed by atoms with van der Waals surface area (Å²) in [6.45, 7) is 3.83. The van der Waals surface area contributed by atoms with Crippen LogP contribution in [0.3, 0.4) is 0 Å². The van der Waals surface area contributed by atoms with Gasteiger partial charge in [0.1, 0.15) is 5.75 Å². The number of hydrogen-bond acceptors (Lipinski definition) is 5. The molecule has 0 aromatic heterocycles. The molecule has 2 rings (SSSR count). The molecular formula is C19H21NO4. The summed E-state index contributed by atoms with van der Waals surface area (Å²) in [7, 11) is 0. The second-order valence-electron chi connectivity index (χ2n) is 5.28. The van der Waals surface area contributed by atoms with Crippen LogP contribution in [0.15, 0.2) is 53.7 Å². The highest BCUT2D eigenvalue weighted by molar-refractivity contribution is 6.01. The van der Waals surface area contributed by atoms with Crippen LogP contribution >= 0.6 is 0 Å². The number of rotatable bonds is 7. The average molecular weight is 327 g/mol. The maximum atomic E-state index is 11.4. The van der Waals surface area contributed by atoms with E-state index in [2.05, 4.69) is 5.16 Å². The maximum absolute atomic E-state index is 11.4. The van der Waals surface area contributed by atoms with Crippen molar-refractivity contribution in [2.24, 2.45) is 5.16 Å². The molecule has 0 aliphatic rings. The molecule has 2 aromatic carbocycles. The quantitative estimate of drug-likeness (QED) is 0.366. The normalized spacial score (nSPS) is 11.2. The van der Waals surface area contributed by atoms with E-state index in [1.165, 1.54) is 0 Å². The molecule has 0 radical (unpaired) electrons. The number of benzene rings is 2. The highest BCUT2D eigenvalue weighted by atomic mass is 16.6. The minimum absolute atomic E-state index is 0.126. The topological polar surface area (TPSA) is 68.1 Å². The Kier molecular flexibility index (Phi) is 6.37. The molecule has 5 nitrogen and oxygen atoms in total. The zero-order chi connectivity index (χ0) is 17.4. The van der Waals surface area contributed by atoms with E-state index in [0.717, 1.165) is 16.7 Å². The van der Waals surface area contributed by atoms with Crippen molar-refractivity contribution in [2.75, 3.05) is 13.2 Å². The van der Waals surface area contributed by atoms with E-state index in [0.29, 0.717) is 24.5 Å². The van der Waals surface area contributed by atoms with Crippen LogP contribution in [-0.2, 0) is 16.0 Å². The number of nitrogens with zero attached hydrogens (tertiary/aromatic N) is 1. The van der Waals surface area contributed by atoms with E-state index in [-0.39, 0.29) is 6.61 Å². The van der Waals surface area contributed by atoms with Crippen molar-refractivity contribution in [3.63, 3.8) is 0 Å². The average Bonchev–Trinajstić information content (AvgIpc) is 2.60. The lowest BCUT2D eigenvalue weighted by Crippen LogP contribution is -2.15. The molecule has 2 aromatic rings. The monoisotopic (exact) mass is 327 g/mol. The summed E-state index contributed by atoms with van der Waals surface area (Å²) in [6.07, 6.45) is 0.528. The lowest BCUT2D eigenvalue weighted by atomic mass is 10.0. The molecule has 0 amide bonds. The van der Waals surface area contributed by atoms with E-state index < -0.39 is 5.97 Å². The van der Waals surface area contributed by atoms with E-state index in [1.807, 2.05) is 49.4 Å². The summed E-state index contributed by atoms with van der Waals surface area (Å²) in [6, 6.07) is 15.2. The van der Waals surface area contributed by atoms with Crippen LogP contribution in [-0.4, -0.2) is 30.1 Å². The number of carbonyl (C=O) groups excluding carboxylic acids is 1. The smallest absolute Gasteiger partial charge is 0.344 e. The minimum atomic E-state index is -0.400. The van der Waals surface area contributed by atoms with Crippen LogP contribution in [0.1, 0.15) is 23.6 Å². The molecule has 0 bridgehead atoms. The number of carbonyl (C=O) groups is 1. The van der Waals surface area contributed by atoms with Gasteiger partial charge in [-0.15, -0.1) is 0 Å². The Hall–Kier alpha value is -2.82. The van der Waals surface area contributed by atoms with Crippen LogP contribution < -0.4 is 4.74 Å². The number of aryl methyl sites for hydroxylation is 1. The minimum Gasteiger partial charge on any atom is -0.482 e. The molecule has 0 spiro atoms. The predicted octanol–water partition coefficient (Wildman–Crippen LogP) is 3.36. The van der Waals surface area contributed by atoms with Crippen LogP contribution in [0.25, 0.3) is 0 Å². The SMILES string of the molecule is CCOC(=O)COc1ccc(/C(Cc2ccccc2)=N/O)cc1C. The molecule has 0 saturated carbocycles. The second kappa shape index (κ2) is 8.72. The second-order valence-corrected chi connectivity index (χ2v) is 5.28. The molecular weight excluding hydrogens is 306 g/mol. The summed E-state index contributed by atoms with van der Waals surface area (Å²) in [5, 5.41) is 12.8. The van der Waals surface area contributed by atoms with Gasteiger partial charge in [0.05, 0.1) is 12.3 Å². The van der Waals surface area contributed by atoms with Gasteiger partial charge in [0, 0.05) is 12.0 Å². The third-order valence-electron chi connectivity index (χ3n) is 3.49. The third kappa shape index (κ3) is 4.84. The van der Waals surface area contributed by atoms with Crippen molar-refractivity contribution in [3.05, 3.63) is 65.2 Å². The lowest BCUT2D eigenvalue weighted by Gasteiger charge is -2.11. The van der Waals surface area contributed by atoms with E-state index >= 15 is 0 Å². The zero-order valence-corrected chi connectivity index (χ0v) is 13.9. The first-order valence-electron chi connectivity index (χ1n) is 7.78. The number of esters is 1. The van der Waals surface area contributed by atoms with Gasteiger partial charge in [0.2, 0.25) is 0 Å². The molecule has 0 aliphatic carbocycles. The van der Waals surface area contributed by atoms with Crippen LogP contribution in [0, 0.1) is 6.92 Å². The Morgan fingerprint density at radius 3 is 2.54 bits per heavy atom. The molecule has 5 heteroatoms. The number of hydrogen-bond donors (Lipinski definition) is 1. The van der Waals surface area contributed by atoms with Gasteiger partial charge in [-0.1, -0.05) is 35.5 Å². The lowest BCUT2D eigenvalue weighted by molar-refractivity contribution is -0.145. The van der Waals surface area contributed by atoms with Gasteiger partial charge < -0.3 is 14.7 Å². The maximum Gasteiger partial charge on any atom is 0.344 e. The summed E-state index contributed by atoms with van der Waals surface area (Å²) in [4.78, 5) is 11.4. The first kappa shape index (κ1) is 17.5. The Labute approximate surface area is 141 Å². The van der Waals surface area contributed by atoms with Crippen molar-refractivity contribution >= 4 is 11.7 Å². The molecule has 0 saturated heterocycles. The first-order chi connectivity index (χ1) is 11.6. The highest BCUT2D eigenvalue weighted by Crippen LogP contribution is 2.20. The third-order valence-corrected chi connectivity index (χ3v) is 3.49. The van der Waals surface area contributed by atoms with Crippen LogP contribution in [0.5, 0.6) is 5.75 Å². The first-order valence-corrected chi connectivity index (χ1v) is 7.78. The molecule has 0 aliphatic heterocycles. The van der Waals surface area contributed by atoms with E-state index in [9.17, 15) is 10.0 Å². The molecule has 1 N–H and O–H groups in total. The van der Waals surface area contributed by atoms with Crippen molar-refractivity contribution in [1.29, 1.82) is 0 Å². The van der Waals surface area contributed by atoms with Crippen molar-refractivity contribution in [3.8, 4) is 5.75 Å². The fourth-order valence-electron chi connectivity index (χ4n) is 2.31. The molecule has 0 atom stereocenters. The van der Waals surface area contributed by atoms with Crippen molar-refractivity contribution < 1.29 is 19.5 Å². The largest absolute Gasteiger partial charge is 0.482 e. The molecule has 24 heavy (non-hydrogen) atoms. The molecule has 0 heterocycles. The Morgan fingerprint density at radius 2 is 1.92 bits per heavy atom. The van der Waals surface area contributed by atoms with Gasteiger partial charge in [-0.3, -0.25) is 0 Å². The van der Waals surface area contributed by atoms with Crippen molar-refractivity contribution in [2.45, 2.75) is 20.3 Å².